The van der Waals surface area contributed by atoms with Crippen LogP contribution in [0.1, 0.15) is 44.5 Å². The Hall–Kier alpha value is -9.37. The van der Waals surface area contributed by atoms with E-state index in [0.717, 1.165) is 28.1 Å². The molecule has 1 aromatic heterocycles. The van der Waals surface area contributed by atoms with Gasteiger partial charge in [-0.25, -0.2) is 4.98 Å². The number of fused-ring (bicyclic) bond motifs is 19. The van der Waals surface area contributed by atoms with Crippen molar-refractivity contribution in [3.05, 3.63) is 311 Å². The van der Waals surface area contributed by atoms with E-state index < -0.39 is 10.8 Å². The van der Waals surface area contributed by atoms with Crippen LogP contribution in [-0.2, 0) is 10.8 Å². The standard InChI is InChI=1S/C71H44N2/c1-2-20-48(21-3-1)73-66-37-19-18-36-65(66)72-69(73)68-55-28-6-4-26-53(55)67(54-27-5-7-29-56(54)68)46-40-38-45(39-41-46)47-42-43-63-64(44-47)71(59-32-14-10-24-51(59)52-25-11-15-33-60(52)71)62-35-17-16-34-61(62)70(63)57-30-12-8-22-49(57)50-23-9-13-31-58(50)70/h1-44H. The predicted molar refractivity (Wildman–Crippen MR) is 301 cm³/mol. The van der Waals surface area contributed by atoms with Crippen LogP contribution in [0.5, 0.6) is 0 Å². The fourth-order valence-corrected chi connectivity index (χ4v) is 14.0. The van der Waals surface area contributed by atoms with Crippen LogP contribution in [0.3, 0.4) is 0 Å². The highest BCUT2D eigenvalue weighted by molar-refractivity contribution is 6.21. The molecule has 338 valence electrons. The van der Waals surface area contributed by atoms with Gasteiger partial charge in [-0.2, -0.15) is 0 Å². The second kappa shape index (κ2) is 15.1. The fraction of sp³-hybridized carbons (Fsp3) is 0.0282. The van der Waals surface area contributed by atoms with Crippen LogP contribution < -0.4 is 0 Å². The van der Waals surface area contributed by atoms with E-state index in [0.29, 0.717) is 0 Å². The molecule has 3 aliphatic rings. The maximum absolute atomic E-state index is 5.41. The Kier molecular flexibility index (Phi) is 8.34. The topological polar surface area (TPSA) is 17.8 Å². The van der Waals surface area contributed by atoms with Crippen LogP contribution in [0.4, 0.5) is 0 Å². The second-order valence-corrected chi connectivity index (χ2v) is 20.0. The highest BCUT2D eigenvalue weighted by atomic mass is 15.1. The number of aromatic nitrogens is 2. The lowest BCUT2D eigenvalue weighted by molar-refractivity contribution is 0.633. The Balaban J connectivity index is 0.923. The maximum Gasteiger partial charge on any atom is 0.146 e. The fourth-order valence-electron chi connectivity index (χ4n) is 14.0. The summed E-state index contributed by atoms with van der Waals surface area (Å²) in [6.07, 6.45) is 0. The number of imidazole rings is 1. The van der Waals surface area contributed by atoms with E-state index in [4.69, 9.17) is 4.98 Å². The molecule has 0 radical (unpaired) electrons. The summed E-state index contributed by atoms with van der Waals surface area (Å²) in [6.45, 7) is 0. The molecule has 0 unspecified atom stereocenters. The number of nitrogens with zero attached hydrogens (tertiary/aromatic N) is 2. The first kappa shape index (κ1) is 40.4. The summed E-state index contributed by atoms with van der Waals surface area (Å²) < 4.78 is 2.33. The lowest BCUT2D eigenvalue weighted by atomic mass is 9.52. The van der Waals surface area contributed by atoms with Gasteiger partial charge in [0.1, 0.15) is 5.82 Å². The van der Waals surface area contributed by atoms with Gasteiger partial charge in [-0.15, -0.1) is 0 Å². The summed E-state index contributed by atoms with van der Waals surface area (Å²) in [4.78, 5) is 5.41. The molecule has 0 saturated carbocycles. The van der Waals surface area contributed by atoms with E-state index in [1.807, 2.05) is 0 Å². The van der Waals surface area contributed by atoms with Crippen molar-refractivity contribution in [3.8, 4) is 61.6 Å². The Morgan fingerprint density at radius 1 is 0.274 bits per heavy atom. The van der Waals surface area contributed by atoms with E-state index >= 15 is 0 Å². The molecule has 2 nitrogen and oxygen atoms in total. The Morgan fingerprint density at radius 2 is 0.658 bits per heavy atom. The van der Waals surface area contributed by atoms with Crippen LogP contribution in [-0.4, -0.2) is 9.55 Å². The highest BCUT2D eigenvalue weighted by Gasteiger charge is 2.59. The number of rotatable bonds is 4. The Morgan fingerprint density at radius 3 is 1.19 bits per heavy atom. The van der Waals surface area contributed by atoms with Crippen molar-refractivity contribution in [1.29, 1.82) is 0 Å². The molecule has 1 heterocycles. The number of hydrogen-bond acceptors (Lipinski definition) is 1. The summed E-state index contributed by atoms with van der Waals surface area (Å²) in [6, 6.07) is 99.7. The third-order valence-corrected chi connectivity index (χ3v) is 16.7. The first-order chi connectivity index (χ1) is 36.2. The average Bonchev–Trinajstić information content (AvgIpc) is 4.10. The van der Waals surface area contributed by atoms with E-state index in [9.17, 15) is 0 Å². The molecule has 0 aliphatic heterocycles. The van der Waals surface area contributed by atoms with E-state index in [1.54, 1.807) is 0 Å². The molecular weight excluding hydrogens is 881 g/mol. The van der Waals surface area contributed by atoms with Crippen LogP contribution in [0.15, 0.2) is 267 Å². The Labute approximate surface area is 423 Å². The minimum atomic E-state index is -0.548. The smallest absolute Gasteiger partial charge is 0.146 e. The van der Waals surface area contributed by atoms with Gasteiger partial charge in [0.15, 0.2) is 0 Å². The van der Waals surface area contributed by atoms with Crippen molar-refractivity contribution in [1.82, 2.24) is 9.55 Å². The predicted octanol–water partition coefficient (Wildman–Crippen LogP) is 17.4. The molecule has 2 spiro atoms. The van der Waals surface area contributed by atoms with Crippen molar-refractivity contribution in [2.45, 2.75) is 10.8 Å². The van der Waals surface area contributed by atoms with Gasteiger partial charge in [0, 0.05) is 11.3 Å². The molecule has 0 atom stereocenters. The summed E-state index contributed by atoms with van der Waals surface area (Å²) in [7, 11) is 0. The van der Waals surface area contributed by atoms with Crippen LogP contribution in [0.2, 0.25) is 0 Å². The molecule has 0 fully saturated rings. The highest BCUT2D eigenvalue weighted by Crippen LogP contribution is 2.67. The van der Waals surface area contributed by atoms with Crippen molar-refractivity contribution >= 4 is 32.6 Å². The van der Waals surface area contributed by atoms with Gasteiger partial charge in [-0.05, 0) is 141 Å². The molecule has 0 N–H and O–H groups in total. The quantitative estimate of drug-likeness (QED) is 0.161. The molecule has 2 heteroatoms. The summed E-state index contributed by atoms with van der Waals surface area (Å²) >= 11 is 0. The van der Waals surface area contributed by atoms with E-state index in [-0.39, 0.29) is 0 Å². The number of benzene rings is 12. The largest absolute Gasteiger partial charge is 0.292 e. The first-order valence-electron chi connectivity index (χ1n) is 25.5. The molecule has 16 rings (SSSR count). The van der Waals surface area contributed by atoms with Gasteiger partial charge < -0.3 is 0 Å². The van der Waals surface area contributed by atoms with Gasteiger partial charge in [0.2, 0.25) is 0 Å². The normalized spacial score (nSPS) is 14.0. The van der Waals surface area contributed by atoms with Crippen LogP contribution >= 0.6 is 0 Å². The molecule has 0 bridgehead atoms. The Bertz CT molecular complexity index is 4290. The zero-order chi connectivity index (χ0) is 47.8. The molecule has 0 saturated heterocycles. The zero-order valence-corrected chi connectivity index (χ0v) is 39.8. The van der Waals surface area contributed by atoms with Crippen LogP contribution in [0.25, 0.3) is 94.2 Å². The lowest BCUT2D eigenvalue weighted by Gasteiger charge is -2.49. The van der Waals surface area contributed by atoms with Gasteiger partial charge >= 0.3 is 0 Å². The average molecular weight is 925 g/mol. The van der Waals surface area contributed by atoms with Crippen molar-refractivity contribution in [2.24, 2.45) is 0 Å². The van der Waals surface area contributed by atoms with Gasteiger partial charge in [-0.3, -0.25) is 4.57 Å². The zero-order valence-electron chi connectivity index (χ0n) is 39.8. The van der Waals surface area contributed by atoms with Crippen molar-refractivity contribution < 1.29 is 0 Å². The monoisotopic (exact) mass is 924 g/mol. The van der Waals surface area contributed by atoms with Gasteiger partial charge in [-0.1, -0.05) is 237 Å². The van der Waals surface area contributed by atoms with Gasteiger partial charge in [0.05, 0.1) is 21.9 Å². The molecule has 73 heavy (non-hydrogen) atoms. The van der Waals surface area contributed by atoms with Crippen molar-refractivity contribution in [3.63, 3.8) is 0 Å². The molecular formula is C71H44N2. The summed E-state index contributed by atoms with van der Waals surface area (Å²) in [5.41, 5.74) is 24.0. The minimum absolute atomic E-state index is 0.515. The molecule has 0 amide bonds. The third-order valence-electron chi connectivity index (χ3n) is 16.7. The lowest BCUT2D eigenvalue weighted by Crippen LogP contribution is -2.43. The number of para-hydroxylation sites is 3. The third kappa shape index (κ3) is 5.24. The summed E-state index contributed by atoms with van der Waals surface area (Å²) in [5.74, 6) is 0.938. The first-order valence-corrected chi connectivity index (χ1v) is 25.5. The number of hydrogen-bond donors (Lipinski definition) is 0. The molecule has 12 aromatic carbocycles. The minimum Gasteiger partial charge on any atom is -0.292 e. The van der Waals surface area contributed by atoms with Crippen molar-refractivity contribution in [2.75, 3.05) is 0 Å². The molecule has 13 aromatic rings. The maximum atomic E-state index is 5.41. The van der Waals surface area contributed by atoms with E-state index in [2.05, 4.69) is 271 Å². The second-order valence-electron chi connectivity index (χ2n) is 20.0. The summed E-state index contributed by atoms with van der Waals surface area (Å²) in [5, 5.41) is 4.75. The van der Waals surface area contributed by atoms with E-state index in [1.165, 1.54) is 111 Å². The SMILES string of the molecule is c1ccc(-n2c(-c3c4ccccc4c(-c4ccc(-c5ccc6c(c5)C5(c7ccccc7-c7ccccc75)c5ccccc5C65c6ccccc6-c6ccccc65)cc4)c4ccccc34)nc3ccccc32)cc1. The van der Waals surface area contributed by atoms with Crippen LogP contribution in [0, 0.1) is 0 Å². The van der Waals surface area contributed by atoms with Gasteiger partial charge in [0.25, 0.3) is 0 Å². The molecule has 3 aliphatic carbocycles.